The van der Waals surface area contributed by atoms with Crippen molar-refractivity contribution >= 4 is 28.4 Å². The van der Waals surface area contributed by atoms with Crippen molar-refractivity contribution in [2.75, 3.05) is 0 Å². The molecule has 0 radical (unpaired) electrons. The molecule has 0 spiro atoms. The van der Waals surface area contributed by atoms with Crippen LogP contribution in [0.5, 0.6) is 0 Å². The van der Waals surface area contributed by atoms with E-state index in [-0.39, 0.29) is 0 Å². The Labute approximate surface area is 131 Å². The number of fused-ring (bicyclic) bond motifs is 2. The predicted octanol–water partition coefficient (Wildman–Crippen LogP) is 2.22. The van der Waals surface area contributed by atoms with E-state index in [1.807, 2.05) is 42.5 Å². The number of aliphatic imine (C=N–C) groups is 1. The number of nitrogens with zero attached hydrogens (tertiary/aromatic N) is 5. The van der Waals surface area contributed by atoms with E-state index in [1.54, 1.807) is 6.92 Å². The highest BCUT2D eigenvalue weighted by molar-refractivity contribution is 6.03. The van der Waals surface area contributed by atoms with Gasteiger partial charge in [-0.3, -0.25) is 4.79 Å². The van der Waals surface area contributed by atoms with Crippen LogP contribution in [0.25, 0.3) is 10.8 Å². The number of tetrazole rings is 1. The second kappa shape index (κ2) is 4.98. The SMILES string of the molecule is CC1=Nc2nnnn2C(c2cccc3ccccc23)C1C(=O)O. The Hall–Kier alpha value is -3.09. The second-order valence-electron chi connectivity index (χ2n) is 5.51. The summed E-state index contributed by atoms with van der Waals surface area (Å²) in [6.45, 7) is 1.70. The molecule has 1 aromatic heterocycles. The molecule has 2 heterocycles. The van der Waals surface area contributed by atoms with Crippen molar-refractivity contribution < 1.29 is 9.90 Å². The van der Waals surface area contributed by atoms with Crippen molar-refractivity contribution in [2.45, 2.75) is 13.0 Å². The van der Waals surface area contributed by atoms with Crippen LogP contribution < -0.4 is 0 Å². The summed E-state index contributed by atoms with van der Waals surface area (Å²) in [5.74, 6) is -1.42. The van der Waals surface area contributed by atoms with Gasteiger partial charge in [-0.15, -0.1) is 0 Å². The summed E-state index contributed by atoms with van der Waals surface area (Å²) in [6.07, 6.45) is 0. The summed E-state index contributed by atoms with van der Waals surface area (Å²) in [5.41, 5.74) is 1.37. The van der Waals surface area contributed by atoms with Gasteiger partial charge in [-0.1, -0.05) is 47.6 Å². The molecule has 0 saturated heterocycles. The molecule has 1 aliphatic rings. The van der Waals surface area contributed by atoms with Gasteiger partial charge in [-0.25, -0.2) is 9.67 Å². The molecule has 7 nitrogen and oxygen atoms in total. The molecule has 1 aliphatic heterocycles. The third kappa shape index (κ3) is 2.01. The molecule has 2 unspecified atom stereocenters. The van der Waals surface area contributed by atoms with Crippen LogP contribution in [-0.4, -0.2) is 37.0 Å². The Morgan fingerprint density at radius 3 is 2.78 bits per heavy atom. The smallest absolute Gasteiger partial charge is 0.314 e. The van der Waals surface area contributed by atoms with Crippen molar-refractivity contribution in [3.63, 3.8) is 0 Å². The zero-order valence-corrected chi connectivity index (χ0v) is 12.3. The third-order valence-electron chi connectivity index (χ3n) is 4.19. The first-order valence-electron chi connectivity index (χ1n) is 7.20. The normalized spacial score (nSPS) is 20.1. The largest absolute Gasteiger partial charge is 0.481 e. The quantitative estimate of drug-likeness (QED) is 0.783. The van der Waals surface area contributed by atoms with Crippen LogP contribution in [0.4, 0.5) is 5.95 Å². The molecule has 114 valence electrons. The molecule has 0 amide bonds. The van der Waals surface area contributed by atoms with Gasteiger partial charge in [0, 0.05) is 5.71 Å². The molecular formula is C16H13N5O2. The van der Waals surface area contributed by atoms with Gasteiger partial charge in [0.2, 0.25) is 0 Å². The van der Waals surface area contributed by atoms with E-state index < -0.39 is 17.9 Å². The van der Waals surface area contributed by atoms with E-state index in [1.165, 1.54) is 4.68 Å². The van der Waals surface area contributed by atoms with Crippen LogP contribution in [0.3, 0.4) is 0 Å². The predicted molar refractivity (Wildman–Crippen MR) is 83.8 cm³/mol. The number of hydrogen-bond donors (Lipinski definition) is 1. The van der Waals surface area contributed by atoms with Gasteiger partial charge in [0.1, 0.15) is 12.0 Å². The maximum absolute atomic E-state index is 11.9. The van der Waals surface area contributed by atoms with Crippen molar-refractivity contribution in [2.24, 2.45) is 10.9 Å². The minimum atomic E-state index is -0.940. The van der Waals surface area contributed by atoms with Crippen molar-refractivity contribution in [3.05, 3.63) is 48.0 Å². The van der Waals surface area contributed by atoms with Gasteiger partial charge < -0.3 is 5.11 Å². The zero-order chi connectivity index (χ0) is 16.0. The minimum absolute atomic E-state index is 0.331. The molecule has 0 bridgehead atoms. The van der Waals surface area contributed by atoms with Crippen LogP contribution in [0.1, 0.15) is 18.5 Å². The summed E-state index contributed by atoms with van der Waals surface area (Å²) in [6, 6.07) is 13.2. The second-order valence-corrected chi connectivity index (χ2v) is 5.51. The molecule has 2 atom stereocenters. The molecule has 3 aromatic rings. The molecule has 0 fully saturated rings. The fourth-order valence-corrected chi connectivity index (χ4v) is 3.17. The van der Waals surface area contributed by atoms with Gasteiger partial charge >= 0.3 is 5.97 Å². The van der Waals surface area contributed by atoms with Crippen LogP contribution in [0.2, 0.25) is 0 Å². The number of benzene rings is 2. The Kier molecular flexibility index (Phi) is 2.94. The highest BCUT2D eigenvalue weighted by Crippen LogP contribution is 2.37. The lowest BCUT2D eigenvalue weighted by atomic mass is 9.86. The van der Waals surface area contributed by atoms with Crippen LogP contribution >= 0.6 is 0 Å². The highest BCUT2D eigenvalue weighted by Gasteiger charge is 2.39. The molecule has 0 saturated carbocycles. The van der Waals surface area contributed by atoms with Gasteiger partial charge in [0.25, 0.3) is 5.95 Å². The van der Waals surface area contributed by atoms with E-state index in [4.69, 9.17) is 0 Å². The van der Waals surface area contributed by atoms with Gasteiger partial charge in [-0.05, 0) is 33.7 Å². The van der Waals surface area contributed by atoms with Crippen molar-refractivity contribution in [3.8, 4) is 0 Å². The molecule has 7 heteroatoms. The van der Waals surface area contributed by atoms with Crippen molar-refractivity contribution in [1.29, 1.82) is 0 Å². The molecular weight excluding hydrogens is 294 g/mol. The maximum Gasteiger partial charge on any atom is 0.314 e. The van der Waals surface area contributed by atoms with E-state index >= 15 is 0 Å². The first-order valence-corrected chi connectivity index (χ1v) is 7.20. The maximum atomic E-state index is 11.9. The van der Waals surface area contributed by atoms with Gasteiger partial charge in [-0.2, -0.15) is 0 Å². The highest BCUT2D eigenvalue weighted by atomic mass is 16.4. The topological polar surface area (TPSA) is 93.3 Å². The molecule has 23 heavy (non-hydrogen) atoms. The minimum Gasteiger partial charge on any atom is -0.481 e. The van der Waals surface area contributed by atoms with Crippen LogP contribution in [0, 0.1) is 5.92 Å². The fraction of sp³-hybridized carbons (Fsp3) is 0.188. The molecule has 4 rings (SSSR count). The van der Waals surface area contributed by atoms with Crippen LogP contribution in [0.15, 0.2) is 47.5 Å². The zero-order valence-electron chi connectivity index (χ0n) is 12.3. The van der Waals surface area contributed by atoms with E-state index in [0.717, 1.165) is 16.3 Å². The number of carbonyl (C=O) groups is 1. The van der Waals surface area contributed by atoms with Gasteiger partial charge in [0.05, 0.1) is 0 Å². The Bertz CT molecular complexity index is 941. The Balaban J connectivity index is 2.01. The molecule has 1 N–H and O–H groups in total. The lowest BCUT2D eigenvalue weighted by Gasteiger charge is -2.28. The Morgan fingerprint density at radius 1 is 1.17 bits per heavy atom. The van der Waals surface area contributed by atoms with Crippen molar-refractivity contribution in [1.82, 2.24) is 20.2 Å². The Morgan fingerprint density at radius 2 is 1.96 bits per heavy atom. The van der Waals surface area contributed by atoms with Gasteiger partial charge in [0.15, 0.2) is 0 Å². The standard InChI is InChI=1S/C16H13N5O2/c1-9-13(15(22)23)14(21-16(17-9)18-19-20-21)12-8-4-6-10-5-2-3-7-11(10)12/h2-8,13-14H,1H3,(H,22,23). The number of aromatic nitrogens is 4. The first kappa shape index (κ1) is 13.6. The average molecular weight is 307 g/mol. The summed E-state index contributed by atoms with van der Waals surface area (Å²) < 4.78 is 1.49. The first-order chi connectivity index (χ1) is 11.2. The van der Waals surface area contributed by atoms with E-state index in [2.05, 4.69) is 20.5 Å². The summed E-state index contributed by atoms with van der Waals surface area (Å²) in [5, 5.41) is 23.2. The molecule has 0 aliphatic carbocycles. The number of hydrogen-bond acceptors (Lipinski definition) is 5. The number of aliphatic carboxylic acids is 1. The summed E-state index contributed by atoms with van der Waals surface area (Å²) in [4.78, 5) is 16.1. The lowest BCUT2D eigenvalue weighted by molar-refractivity contribution is -0.140. The molecule has 2 aromatic carbocycles. The number of carboxylic acid groups (broad SMARTS) is 1. The number of carboxylic acids is 1. The monoisotopic (exact) mass is 307 g/mol. The van der Waals surface area contributed by atoms with Crippen LogP contribution in [-0.2, 0) is 4.79 Å². The fourth-order valence-electron chi connectivity index (χ4n) is 3.17. The lowest BCUT2D eigenvalue weighted by Crippen LogP contribution is -2.35. The third-order valence-corrected chi connectivity index (χ3v) is 4.19. The summed E-state index contributed by atoms with van der Waals surface area (Å²) >= 11 is 0. The average Bonchev–Trinajstić information content (AvgIpc) is 3.00. The van der Waals surface area contributed by atoms with E-state index in [9.17, 15) is 9.90 Å². The number of rotatable bonds is 2. The van der Waals surface area contributed by atoms with E-state index in [0.29, 0.717) is 11.7 Å². The summed E-state index contributed by atoms with van der Waals surface area (Å²) in [7, 11) is 0.